The van der Waals surface area contributed by atoms with E-state index in [0.717, 1.165) is 34.7 Å². The van der Waals surface area contributed by atoms with Crippen LogP contribution >= 0.6 is 12.2 Å². The Hall–Kier alpha value is -3.03. The molecule has 3 rings (SSSR count). The molecular weight excluding hydrogens is 403 g/mol. The summed E-state index contributed by atoms with van der Waals surface area (Å²) < 4.78 is 21.8. The quantitative estimate of drug-likeness (QED) is 0.347. The topological polar surface area (TPSA) is 61.8 Å². The van der Waals surface area contributed by atoms with E-state index in [2.05, 4.69) is 5.32 Å². The molecule has 0 aliphatic rings. The van der Waals surface area contributed by atoms with Gasteiger partial charge in [-0.1, -0.05) is 42.5 Å². The van der Waals surface area contributed by atoms with Gasteiger partial charge in [-0.2, -0.15) is 0 Å². The fourth-order valence-electron chi connectivity index (χ4n) is 2.98. The molecule has 3 aromatic rings. The van der Waals surface area contributed by atoms with Crippen LogP contribution in [-0.4, -0.2) is 24.7 Å². The Morgan fingerprint density at radius 3 is 2.47 bits per heavy atom. The summed E-state index contributed by atoms with van der Waals surface area (Å²) >= 11 is 0.959. The molecule has 7 heteroatoms. The minimum atomic E-state index is -1.02. The predicted molar refractivity (Wildman–Crippen MR) is 120 cm³/mol. The first-order valence-corrected chi connectivity index (χ1v) is 10.1. The number of nitrogens with zero attached hydrogens (tertiary/aromatic N) is 1. The molecule has 0 aromatic heterocycles. The van der Waals surface area contributed by atoms with Gasteiger partial charge in [0.1, 0.15) is 18.0 Å². The molecule has 0 radical (unpaired) electrons. The molecule has 156 valence electrons. The molecule has 2 N–H and O–H groups in total. The van der Waals surface area contributed by atoms with Crippen LogP contribution in [-0.2, 0) is 15.5 Å². The number of nitrogens with one attached hydrogen (secondary N) is 1. The van der Waals surface area contributed by atoms with Gasteiger partial charge in [0.05, 0.1) is 0 Å². The van der Waals surface area contributed by atoms with Crippen LogP contribution in [0.1, 0.15) is 11.1 Å². The summed E-state index contributed by atoms with van der Waals surface area (Å²) in [5.74, 6) is -1.24. The van der Waals surface area contributed by atoms with Gasteiger partial charge in [0, 0.05) is 36.1 Å². The number of anilines is 2. The number of carbonyl (C=O) groups is 1. The third-order valence-electron chi connectivity index (χ3n) is 4.57. The summed E-state index contributed by atoms with van der Waals surface area (Å²) in [5.41, 5.74) is 4.82. The molecule has 0 aliphatic heterocycles. The molecule has 0 heterocycles. The Labute approximate surface area is 179 Å². The highest BCUT2D eigenvalue weighted by Gasteiger charge is 2.11. The number of aliphatic carboxylic acids is 1. The summed E-state index contributed by atoms with van der Waals surface area (Å²) in [6.07, 6.45) is 0. The van der Waals surface area contributed by atoms with Gasteiger partial charge in [-0.25, -0.2) is 9.18 Å². The zero-order chi connectivity index (χ0) is 21.5. The summed E-state index contributed by atoms with van der Waals surface area (Å²) in [6.45, 7) is 1.96. The van der Waals surface area contributed by atoms with E-state index < -0.39 is 5.97 Å². The summed E-state index contributed by atoms with van der Waals surface area (Å²) in [5, 5.41) is 11.9. The highest BCUT2D eigenvalue weighted by atomic mass is 32.2. The molecule has 0 amide bonds. The van der Waals surface area contributed by atoms with Crippen LogP contribution in [0.3, 0.4) is 0 Å². The highest BCUT2D eigenvalue weighted by molar-refractivity contribution is 7.96. The van der Waals surface area contributed by atoms with Crippen molar-refractivity contribution in [1.29, 1.82) is 0 Å². The first-order valence-electron chi connectivity index (χ1n) is 9.38. The lowest BCUT2D eigenvalue weighted by atomic mass is 9.98. The second-order valence-electron chi connectivity index (χ2n) is 6.72. The number of halogens is 1. The van der Waals surface area contributed by atoms with Crippen molar-refractivity contribution < 1.29 is 18.5 Å². The minimum Gasteiger partial charge on any atom is -0.479 e. The largest absolute Gasteiger partial charge is 0.479 e. The van der Waals surface area contributed by atoms with E-state index in [9.17, 15) is 4.79 Å². The number of hydrogen-bond acceptors (Lipinski definition) is 5. The SMILES string of the molecule is Cc1ccccc1-c1cccc(CNc2ccc(N(C)SOCC(=O)O)cc2)c1F. The number of benzene rings is 3. The average molecular weight is 427 g/mol. The molecule has 0 aliphatic carbocycles. The van der Waals surface area contributed by atoms with Gasteiger partial charge in [-0.05, 0) is 42.3 Å². The molecular formula is C23H23FN2O3S. The monoisotopic (exact) mass is 426 g/mol. The summed E-state index contributed by atoms with van der Waals surface area (Å²) in [4.78, 5) is 10.5. The van der Waals surface area contributed by atoms with E-state index in [-0.39, 0.29) is 12.4 Å². The Morgan fingerprint density at radius 2 is 1.77 bits per heavy atom. The molecule has 0 saturated carbocycles. The second kappa shape index (κ2) is 10.1. The van der Waals surface area contributed by atoms with Gasteiger partial charge in [0.15, 0.2) is 6.61 Å². The van der Waals surface area contributed by atoms with Crippen LogP contribution in [0.4, 0.5) is 15.8 Å². The molecule has 3 aromatic carbocycles. The van der Waals surface area contributed by atoms with Gasteiger partial charge >= 0.3 is 5.97 Å². The Morgan fingerprint density at radius 1 is 1.07 bits per heavy atom. The summed E-state index contributed by atoms with van der Waals surface area (Å²) in [7, 11) is 1.78. The van der Waals surface area contributed by atoms with Crippen molar-refractivity contribution in [2.75, 3.05) is 23.3 Å². The van der Waals surface area contributed by atoms with Crippen LogP contribution < -0.4 is 9.62 Å². The highest BCUT2D eigenvalue weighted by Crippen LogP contribution is 2.28. The van der Waals surface area contributed by atoms with E-state index in [0.29, 0.717) is 17.7 Å². The van der Waals surface area contributed by atoms with Crippen molar-refractivity contribution in [3.63, 3.8) is 0 Å². The fraction of sp³-hybridized carbons (Fsp3) is 0.174. The zero-order valence-electron chi connectivity index (χ0n) is 16.8. The number of carboxylic acid groups (broad SMARTS) is 1. The maximum absolute atomic E-state index is 15.1. The van der Waals surface area contributed by atoms with E-state index in [1.807, 2.05) is 61.5 Å². The van der Waals surface area contributed by atoms with Crippen LogP contribution in [0.25, 0.3) is 11.1 Å². The van der Waals surface area contributed by atoms with Gasteiger partial charge in [-0.15, -0.1) is 0 Å². The van der Waals surface area contributed by atoms with Gasteiger partial charge in [-0.3, -0.25) is 8.49 Å². The van der Waals surface area contributed by atoms with Crippen molar-refractivity contribution in [1.82, 2.24) is 0 Å². The first-order chi connectivity index (χ1) is 14.5. The van der Waals surface area contributed by atoms with Gasteiger partial charge in [0.25, 0.3) is 0 Å². The van der Waals surface area contributed by atoms with E-state index in [1.54, 1.807) is 23.5 Å². The second-order valence-corrected chi connectivity index (χ2v) is 7.65. The molecule has 5 nitrogen and oxygen atoms in total. The molecule has 30 heavy (non-hydrogen) atoms. The third kappa shape index (κ3) is 5.52. The van der Waals surface area contributed by atoms with Crippen molar-refractivity contribution in [2.24, 2.45) is 0 Å². The van der Waals surface area contributed by atoms with Crippen LogP contribution in [0.5, 0.6) is 0 Å². The fourth-order valence-corrected chi connectivity index (χ4v) is 3.50. The average Bonchev–Trinajstić information content (AvgIpc) is 2.74. The number of carboxylic acids is 1. The predicted octanol–water partition coefficient (Wildman–Crippen LogP) is 5.51. The number of hydrogen-bond donors (Lipinski definition) is 2. The molecule has 0 atom stereocenters. The Kier molecular flexibility index (Phi) is 7.32. The maximum atomic E-state index is 15.1. The molecule has 0 unspecified atom stereocenters. The normalized spacial score (nSPS) is 10.6. The van der Waals surface area contributed by atoms with Crippen molar-refractivity contribution in [3.8, 4) is 11.1 Å². The molecule has 0 spiro atoms. The lowest BCUT2D eigenvalue weighted by Gasteiger charge is -2.17. The van der Waals surface area contributed by atoms with E-state index >= 15 is 4.39 Å². The Bertz CT molecular complexity index is 1010. The van der Waals surface area contributed by atoms with Crippen molar-refractivity contribution in [3.05, 3.63) is 83.7 Å². The zero-order valence-corrected chi connectivity index (χ0v) is 17.6. The summed E-state index contributed by atoms with van der Waals surface area (Å²) in [6, 6.07) is 20.7. The van der Waals surface area contributed by atoms with Crippen molar-refractivity contribution in [2.45, 2.75) is 13.5 Å². The van der Waals surface area contributed by atoms with Crippen LogP contribution in [0, 0.1) is 12.7 Å². The minimum absolute atomic E-state index is 0.220. The number of rotatable bonds is 9. The lowest BCUT2D eigenvalue weighted by molar-refractivity contribution is -0.138. The lowest BCUT2D eigenvalue weighted by Crippen LogP contribution is -2.11. The molecule has 0 saturated heterocycles. The van der Waals surface area contributed by atoms with Gasteiger partial charge < -0.3 is 10.4 Å². The number of aryl methyl sites for hydroxylation is 1. The van der Waals surface area contributed by atoms with E-state index in [4.69, 9.17) is 9.29 Å². The molecule has 0 fully saturated rings. The van der Waals surface area contributed by atoms with Gasteiger partial charge in [0.2, 0.25) is 0 Å². The standard InChI is InChI=1S/C23H23FN2O3S/c1-16-6-3-4-8-20(16)21-9-5-7-17(23(21)24)14-25-18-10-12-19(13-11-18)26(2)30-29-15-22(27)28/h3-13,25H,14-15H2,1-2H3,(H,27,28). The smallest absolute Gasteiger partial charge is 0.331 e. The van der Waals surface area contributed by atoms with E-state index in [1.165, 1.54) is 0 Å². The Balaban J connectivity index is 1.64. The first kappa shape index (κ1) is 21.7. The van der Waals surface area contributed by atoms with Crippen LogP contribution in [0.15, 0.2) is 66.7 Å². The van der Waals surface area contributed by atoms with Crippen LogP contribution in [0.2, 0.25) is 0 Å². The van der Waals surface area contributed by atoms with Crippen molar-refractivity contribution >= 4 is 29.6 Å². The third-order valence-corrected chi connectivity index (χ3v) is 5.23. The molecule has 0 bridgehead atoms. The maximum Gasteiger partial charge on any atom is 0.331 e.